The predicted octanol–water partition coefficient (Wildman–Crippen LogP) is 7.50. The Kier molecular flexibility index (Phi) is 7.80. The number of carbonyl (C=O) groups is 2. The monoisotopic (exact) mass is 486 g/mol. The molecule has 0 spiro atoms. The number of fused-ring (bicyclic) bond motifs is 5. The SMILES string of the molecule is CC(=O)O[C@H]1CC[C@@]2(C)C(=C[C@H](OC(C)=O)C3C4CCC(C(C)CCCC(C)C)[C@@]4(C)CCC32)C1. The molecule has 0 amide bonds. The van der Waals surface area contributed by atoms with Gasteiger partial charge in [-0.1, -0.05) is 59.5 Å². The fourth-order valence-electron chi connectivity index (χ4n) is 9.25. The lowest BCUT2D eigenvalue weighted by atomic mass is 9.46. The Labute approximate surface area is 214 Å². The zero-order chi connectivity index (χ0) is 25.5. The van der Waals surface area contributed by atoms with Crippen molar-refractivity contribution in [2.24, 2.45) is 46.3 Å². The highest BCUT2D eigenvalue weighted by Crippen LogP contribution is 2.67. The van der Waals surface area contributed by atoms with Gasteiger partial charge in [0.1, 0.15) is 12.2 Å². The summed E-state index contributed by atoms with van der Waals surface area (Å²) < 4.78 is 11.7. The van der Waals surface area contributed by atoms with Gasteiger partial charge in [-0.25, -0.2) is 0 Å². The maximum absolute atomic E-state index is 12.2. The van der Waals surface area contributed by atoms with E-state index >= 15 is 0 Å². The quantitative estimate of drug-likeness (QED) is 0.276. The second kappa shape index (κ2) is 10.2. The zero-order valence-corrected chi connectivity index (χ0v) is 23.4. The first-order chi connectivity index (χ1) is 16.5. The maximum atomic E-state index is 12.2. The van der Waals surface area contributed by atoms with Gasteiger partial charge in [-0.2, -0.15) is 0 Å². The lowest BCUT2D eigenvalue weighted by Crippen LogP contribution is -2.55. The molecule has 35 heavy (non-hydrogen) atoms. The van der Waals surface area contributed by atoms with Gasteiger partial charge in [0.25, 0.3) is 0 Å². The van der Waals surface area contributed by atoms with Crippen LogP contribution < -0.4 is 0 Å². The van der Waals surface area contributed by atoms with Crippen molar-refractivity contribution in [2.45, 2.75) is 125 Å². The first-order valence-electron chi connectivity index (χ1n) is 14.5. The molecule has 4 rings (SSSR count). The molecule has 0 N–H and O–H groups in total. The molecule has 0 aromatic carbocycles. The number of hydrogen-bond donors (Lipinski definition) is 0. The number of hydrogen-bond acceptors (Lipinski definition) is 4. The first-order valence-corrected chi connectivity index (χ1v) is 14.5. The van der Waals surface area contributed by atoms with E-state index in [4.69, 9.17) is 9.47 Å². The van der Waals surface area contributed by atoms with E-state index in [9.17, 15) is 9.59 Å². The Morgan fingerprint density at radius 1 is 0.943 bits per heavy atom. The molecule has 0 aromatic heterocycles. The molecule has 0 aromatic rings. The van der Waals surface area contributed by atoms with E-state index < -0.39 is 0 Å². The summed E-state index contributed by atoms with van der Waals surface area (Å²) in [5.41, 5.74) is 1.83. The van der Waals surface area contributed by atoms with Crippen LogP contribution in [0.25, 0.3) is 0 Å². The molecule has 198 valence electrons. The van der Waals surface area contributed by atoms with E-state index in [0.29, 0.717) is 23.2 Å². The van der Waals surface area contributed by atoms with Crippen molar-refractivity contribution in [3.63, 3.8) is 0 Å². The highest BCUT2D eigenvalue weighted by atomic mass is 16.5. The molecule has 0 bridgehead atoms. The van der Waals surface area contributed by atoms with Crippen molar-refractivity contribution >= 4 is 11.9 Å². The number of rotatable bonds is 7. The van der Waals surface area contributed by atoms with E-state index in [2.05, 4.69) is 40.7 Å². The number of carbonyl (C=O) groups excluding carboxylic acids is 2. The van der Waals surface area contributed by atoms with Gasteiger partial charge < -0.3 is 9.47 Å². The second-order valence-electron chi connectivity index (χ2n) is 13.5. The summed E-state index contributed by atoms with van der Waals surface area (Å²) in [5.74, 6) is 3.51. The van der Waals surface area contributed by atoms with Gasteiger partial charge >= 0.3 is 11.9 Å². The Morgan fingerprint density at radius 3 is 2.31 bits per heavy atom. The van der Waals surface area contributed by atoms with Crippen LogP contribution in [0.15, 0.2) is 11.6 Å². The number of ether oxygens (including phenoxy) is 2. The molecule has 0 aliphatic heterocycles. The largest absolute Gasteiger partial charge is 0.462 e. The molecular formula is C31H50O4. The summed E-state index contributed by atoms with van der Waals surface area (Å²) in [6.45, 7) is 15.3. The lowest BCUT2D eigenvalue weighted by molar-refractivity contribution is -0.159. The summed E-state index contributed by atoms with van der Waals surface area (Å²) >= 11 is 0. The highest BCUT2D eigenvalue weighted by Gasteiger charge is 2.62. The Morgan fingerprint density at radius 2 is 1.66 bits per heavy atom. The summed E-state index contributed by atoms with van der Waals surface area (Å²) in [6, 6.07) is 0. The van der Waals surface area contributed by atoms with Crippen LogP contribution in [0.4, 0.5) is 0 Å². The van der Waals surface area contributed by atoms with Crippen molar-refractivity contribution in [2.75, 3.05) is 0 Å². The van der Waals surface area contributed by atoms with Crippen molar-refractivity contribution in [1.82, 2.24) is 0 Å². The molecule has 9 atom stereocenters. The molecule has 4 heteroatoms. The fourth-order valence-corrected chi connectivity index (χ4v) is 9.25. The third-order valence-corrected chi connectivity index (χ3v) is 10.9. The van der Waals surface area contributed by atoms with Gasteiger partial charge in [0.2, 0.25) is 0 Å². The minimum atomic E-state index is -0.197. The van der Waals surface area contributed by atoms with E-state index in [-0.39, 0.29) is 29.6 Å². The van der Waals surface area contributed by atoms with E-state index in [0.717, 1.165) is 37.0 Å². The smallest absolute Gasteiger partial charge is 0.303 e. The van der Waals surface area contributed by atoms with Crippen molar-refractivity contribution in [1.29, 1.82) is 0 Å². The predicted molar refractivity (Wildman–Crippen MR) is 140 cm³/mol. The summed E-state index contributed by atoms with van der Waals surface area (Å²) in [6.07, 6.45) is 14.0. The standard InChI is InChI=1S/C31H50O4/c1-19(2)9-8-10-20(3)25-11-12-26-29-27(14-16-31(25,26)7)30(6)15-13-24(34-21(4)32)17-23(30)18-28(29)35-22(5)33/h18-20,24-29H,8-17H2,1-7H3/t20?,24-,25?,26?,27?,28-,29?,30-,31+/m0/s1. The van der Waals surface area contributed by atoms with E-state index in [1.54, 1.807) is 6.92 Å². The third-order valence-electron chi connectivity index (χ3n) is 10.9. The summed E-state index contributed by atoms with van der Waals surface area (Å²) in [7, 11) is 0. The molecule has 4 aliphatic carbocycles. The molecule has 3 fully saturated rings. The normalized spacial score (nSPS) is 41.3. The summed E-state index contributed by atoms with van der Waals surface area (Å²) in [4.78, 5) is 23.9. The molecule has 3 saturated carbocycles. The molecular weight excluding hydrogens is 436 g/mol. The molecule has 0 radical (unpaired) electrons. The van der Waals surface area contributed by atoms with Crippen molar-refractivity contribution < 1.29 is 19.1 Å². The van der Waals surface area contributed by atoms with Crippen LogP contribution in [0.5, 0.6) is 0 Å². The maximum Gasteiger partial charge on any atom is 0.303 e. The minimum absolute atomic E-state index is 0.0437. The topological polar surface area (TPSA) is 52.6 Å². The van der Waals surface area contributed by atoms with Crippen molar-refractivity contribution in [3.8, 4) is 0 Å². The molecule has 4 nitrogen and oxygen atoms in total. The van der Waals surface area contributed by atoms with Gasteiger partial charge in [0, 0.05) is 26.2 Å². The van der Waals surface area contributed by atoms with Crippen molar-refractivity contribution in [3.05, 3.63) is 11.6 Å². The Bertz CT molecular complexity index is 830. The molecule has 4 aliphatic rings. The highest BCUT2D eigenvalue weighted by molar-refractivity contribution is 5.67. The number of esters is 2. The average molecular weight is 487 g/mol. The average Bonchev–Trinajstić information content (AvgIpc) is 3.10. The van der Waals surface area contributed by atoms with Gasteiger partial charge in [-0.05, 0) is 85.0 Å². The first kappa shape index (κ1) is 26.7. The van der Waals surface area contributed by atoms with Crippen LogP contribution in [0.1, 0.15) is 113 Å². The van der Waals surface area contributed by atoms with Gasteiger partial charge in [0.05, 0.1) is 0 Å². The Balaban J connectivity index is 1.60. The third kappa shape index (κ3) is 5.10. The fraction of sp³-hybridized carbons (Fsp3) is 0.871. The van der Waals surface area contributed by atoms with E-state index in [1.165, 1.54) is 57.4 Å². The Hall–Kier alpha value is -1.32. The van der Waals surface area contributed by atoms with Crippen LogP contribution in [-0.4, -0.2) is 24.1 Å². The summed E-state index contributed by atoms with van der Waals surface area (Å²) in [5, 5.41) is 0. The zero-order valence-electron chi connectivity index (χ0n) is 23.4. The van der Waals surface area contributed by atoms with Crippen LogP contribution in [-0.2, 0) is 19.1 Å². The molecule has 0 heterocycles. The van der Waals surface area contributed by atoms with Crippen LogP contribution in [0, 0.1) is 46.3 Å². The van der Waals surface area contributed by atoms with Crippen LogP contribution in [0.2, 0.25) is 0 Å². The minimum Gasteiger partial charge on any atom is -0.462 e. The van der Waals surface area contributed by atoms with Gasteiger partial charge in [-0.15, -0.1) is 0 Å². The van der Waals surface area contributed by atoms with Gasteiger partial charge in [0.15, 0.2) is 0 Å². The van der Waals surface area contributed by atoms with Gasteiger partial charge in [-0.3, -0.25) is 9.59 Å². The molecule has 0 saturated heterocycles. The van der Waals surface area contributed by atoms with Crippen LogP contribution in [0.3, 0.4) is 0 Å². The second-order valence-corrected chi connectivity index (χ2v) is 13.5. The lowest BCUT2D eigenvalue weighted by Gasteiger charge is -2.59. The van der Waals surface area contributed by atoms with E-state index in [1.807, 2.05) is 0 Å². The van der Waals surface area contributed by atoms with Crippen LogP contribution >= 0.6 is 0 Å². The molecule has 5 unspecified atom stereocenters.